The lowest BCUT2D eigenvalue weighted by Crippen LogP contribution is -2.52. The predicted molar refractivity (Wildman–Crippen MR) is 517 cm³/mol. The van der Waals surface area contributed by atoms with Crippen LogP contribution in [0.25, 0.3) is 0 Å². The molecule has 2 rings (SSSR count). The SMILES string of the molecule is CCCCCCCCCCCCCCCC(=O)N[C@@H](CCCCN)C(=O)N[C@H](CCCCN)C(=O)C[C@@H](CC(C)C)C(=O)N[C@@H](CCCN=C(N)N)C(=O)C[C@@H](CO)C(=O)N[C@@H](CCSC)C(=O)C[C@H](C(=O)N[C@@H](CC(=O)O)C(=O)C[C@@H](CCCCN)C(=O)N[C@@H](Cc1ccc(O)cc1)C(=O)C[C@@H](CCCN=C(N)N)C(=O)N[C@@H](CC(C)C)C(=O)C[C@@H](Cc1cnc[nH]1)C(N)=O)[C@@H](C)O. The zero-order valence-corrected chi connectivity index (χ0v) is 81.3. The molecule has 28 N–H and O–H groups in total. The number of hydrogen-bond donors (Lipinski definition) is 20. The summed E-state index contributed by atoms with van der Waals surface area (Å²) in [5.74, 6) is -20.7. The molecule has 39 heteroatoms. The highest BCUT2D eigenvalue weighted by molar-refractivity contribution is 7.98. The summed E-state index contributed by atoms with van der Waals surface area (Å²) in [6.07, 6.45) is 16.3. The Hall–Kier alpha value is -9.83. The number of ketones is 6. The number of nitrogens with one attached hydrogen (secondary N) is 8. The number of aliphatic hydroxyl groups is 2. The molecule has 0 spiro atoms. The number of benzene rings is 1. The standard InChI is InChI=1S/C95H163N19O19S/c1-8-9-10-11-12-13-14-15-16-17-18-19-20-34-85(124)108-75(32-23-26-42-98)93(133)111-72(31-22-25-41-97)79(118)53-67(46-60(2)3)90(130)109-73(33-28-44-106-95(102)103)80(119)54-68(58-115)91(131)110-74(39-45-134-7)84(123)55-71(62(6)116)92(132)114-78(56-86(125)126)82(121)50-64(29-21-24-40-96)88(128)113-77(48-63-35-37-70(117)38-36-63)81(120)51-65(30-27-43-105-94(100)101)89(129)112-76(47-61(4)5)83(122)52-66(87(99)127)49-69-57-104-59-107-69/h35-38,57,59-62,64-68,71-78,115-117H,8-34,39-56,58,96-98H2,1-7H3,(H2,99,127)(H,104,107)(H,108,124)(H,109,130)(H,110,131)(H,111,133)(H,112,129)(H,113,128)(H,114,132)(H,125,126)(H4,100,101,105)(H4,102,103,106)/t62-,64-,65-,66-,67-,68+,71+,72-,73+,74+,75+,76+,77+,78+/m1/s1. The van der Waals surface area contributed by atoms with E-state index in [9.17, 15) is 87.5 Å². The Bertz CT molecular complexity index is 3920. The minimum atomic E-state index is -1.92. The number of phenolic OH excluding ortho intramolecular Hbond substituents is 1. The number of unbranched alkanes of at least 4 members (excludes halogenated alkanes) is 15. The lowest BCUT2D eigenvalue weighted by atomic mass is 9.87. The van der Waals surface area contributed by atoms with E-state index in [0.29, 0.717) is 62.9 Å². The third-order valence-corrected chi connectivity index (χ3v) is 24.4. The molecule has 1 aromatic carbocycles. The van der Waals surface area contributed by atoms with Crippen molar-refractivity contribution in [3.8, 4) is 5.75 Å². The van der Waals surface area contributed by atoms with E-state index in [-0.39, 0.29) is 164 Å². The Labute approximate surface area is 795 Å². The number of aliphatic carboxylic acids is 1. The molecular weight excluding hydrogens is 1740 g/mol. The first-order valence-corrected chi connectivity index (χ1v) is 49.7. The summed E-state index contributed by atoms with van der Waals surface area (Å²) in [5, 5.41) is 61.8. The quantitative estimate of drug-likeness (QED) is 0.0238. The van der Waals surface area contributed by atoms with E-state index >= 15 is 4.79 Å². The average molecular weight is 1910 g/mol. The second kappa shape index (κ2) is 69.9. The Kier molecular flexibility index (Phi) is 62.7. The molecule has 0 aliphatic rings. The normalized spacial score (nSPS) is 14.6. The fourth-order valence-corrected chi connectivity index (χ4v) is 16.5. The van der Waals surface area contributed by atoms with Gasteiger partial charge < -0.3 is 108 Å². The molecule has 0 aliphatic carbocycles. The number of aromatic nitrogens is 2. The monoisotopic (exact) mass is 1910 g/mol. The van der Waals surface area contributed by atoms with Gasteiger partial charge in [-0.05, 0) is 177 Å². The molecule has 758 valence electrons. The van der Waals surface area contributed by atoms with E-state index in [1.54, 1.807) is 6.26 Å². The Morgan fingerprint density at radius 3 is 1.32 bits per heavy atom. The second-order valence-electron chi connectivity index (χ2n) is 36.5. The lowest BCUT2D eigenvalue weighted by molar-refractivity contribution is -0.142. The number of carbonyl (C=O) groups is 15. The van der Waals surface area contributed by atoms with Gasteiger partial charge in [-0.3, -0.25) is 81.9 Å². The summed E-state index contributed by atoms with van der Waals surface area (Å²) >= 11 is 1.27. The number of aromatic amines is 1. The topological polar surface area (TPSA) is 683 Å². The number of carboxylic acid groups (broad SMARTS) is 1. The molecule has 14 atom stereocenters. The van der Waals surface area contributed by atoms with Crippen molar-refractivity contribution in [2.45, 2.75) is 340 Å². The molecule has 0 bridgehead atoms. The van der Waals surface area contributed by atoms with Gasteiger partial charge in [0.2, 0.25) is 47.3 Å². The van der Waals surface area contributed by atoms with Crippen LogP contribution < -0.4 is 83.1 Å². The van der Waals surface area contributed by atoms with E-state index < -0.39 is 205 Å². The number of rotatable bonds is 81. The van der Waals surface area contributed by atoms with Gasteiger partial charge in [0.25, 0.3) is 0 Å². The van der Waals surface area contributed by atoms with Gasteiger partial charge in [-0.25, -0.2) is 4.98 Å². The highest BCUT2D eigenvalue weighted by Crippen LogP contribution is 2.27. The van der Waals surface area contributed by atoms with Crippen LogP contribution in [0.15, 0.2) is 46.8 Å². The average Bonchev–Trinajstić information content (AvgIpc) is 0.943. The van der Waals surface area contributed by atoms with Gasteiger partial charge in [-0.15, -0.1) is 0 Å². The molecule has 0 fully saturated rings. The molecule has 0 aliphatic heterocycles. The number of Topliss-reactive ketones (excluding diaryl/α,β-unsaturated/α-hetero) is 6. The van der Waals surface area contributed by atoms with Gasteiger partial charge >= 0.3 is 5.97 Å². The number of H-pyrrole nitrogens is 1. The van der Waals surface area contributed by atoms with Crippen molar-refractivity contribution in [1.29, 1.82) is 0 Å². The highest BCUT2D eigenvalue weighted by atomic mass is 32.2. The van der Waals surface area contributed by atoms with Crippen molar-refractivity contribution in [1.82, 2.24) is 47.2 Å². The van der Waals surface area contributed by atoms with E-state index in [4.69, 9.17) is 45.9 Å². The molecule has 1 aromatic heterocycles. The van der Waals surface area contributed by atoms with Crippen LogP contribution in [-0.2, 0) is 84.8 Å². The zero-order chi connectivity index (χ0) is 100. The van der Waals surface area contributed by atoms with E-state index in [1.807, 2.05) is 27.7 Å². The molecule has 0 saturated carbocycles. The highest BCUT2D eigenvalue weighted by Gasteiger charge is 2.40. The molecular formula is C95H163N19O19S. The first-order valence-electron chi connectivity index (χ1n) is 48.3. The van der Waals surface area contributed by atoms with Crippen molar-refractivity contribution < 1.29 is 92.3 Å². The number of carboxylic acids is 1. The van der Waals surface area contributed by atoms with Crippen LogP contribution >= 0.6 is 11.8 Å². The number of aliphatic hydroxyl groups excluding tert-OH is 2. The van der Waals surface area contributed by atoms with Crippen molar-refractivity contribution in [3.05, 3.63) is 48.0 Å². The molecule has 38 nitrogen and oxygen atoms in total. The Morgan fingerprint density at radius 2 is 0.836 bits per heavy atom. The summed E-state index contributed by atoms with van der Waals surface area (Å²) in [6, 6.07) is -3.77. The van der Waals surface area contributed by atoms with Crippen LogP contribution in [0.5, 0.6) is 5.75 Å². The first-order chi connectivity index (χ1) is 63.8. The number of nitrogens with zero attached hydrogens (tertiary/aromatic N) is 3. The third-order valence-electron chi connectivity index (χ3n) is 23.8. The maximum absolute atomic E-state index is 15.0. The van der Waals surface area contributed by atoms with Gasteiger partial charge in [0.15, 0.2) is 46.6 Å². The van der Waals surface area contributed by atoms with Crippen molar-refractivity contribution in [2.75, 3.05) is 51.3 Å². The lowest BCUT2D eigenvalue weighted by Gasteiger charge is -2.27. The maximum atomic E-state index is 15.0. The molecule has 1 heterocycles. The van der Waals surface area contributed by atoms with Crippen molar-refractivity contribution in [2.24, 2.45) is 103 Å². The van der Waals surface area contributed by atoms with Crippen LogP contribution in [0.3, 0.4) is 0 Å². The predicted octanol–water partition coefficient (Wildman–Crippen LogP) is 4.90. The second-order valence-corrected chi connectivity index (χ2v) is 37.4. The first kappa shape index (κ1) is 120. The summed E-state index contributed by atoms with van der Waals surface area (Å²) < 4.78 is 0. The fraction of sp³-hybridized carbons (Fsp3) is 0.726. The summed E-state index contributed by atoms with van der Waals surface area (Å²) in [7, 11) is 0. The fourth-order valence-electron chi connectivity index (χ4n) is 16.0. The number of hydrogen-bond acceptors (Lipinski definition) is 25. The van der Waals surface area contributed by atoms with Gasteiger partial charge in [0, 0.05) is 94.1 Å². The van der Waals surface area contributed by atoms with Gasteiger partial charge in [0.1, 0.15) is 11.8 Å². The van der Waals surface area contributed by atoms with Crippen LogP contribution in [-0.4, -0.2) is 230 Å². The minimum absolute atomic E-state index is 0.00355. The summed E-state index contributed by atoms with van der Waals surface area (Å²) in [5.41, 5.74) is 46.9. The van der Waals surface area contributed by atoms with Gasteiger partial charge in [0.05, 0.1) is 79.5 Å². The number of primary amides is 1. The molecule has 0 radical (unpaired) electrons. The van der Waals surface area contributed by atoms with Crippen LogP contribution in [0, 0.1) is 47.3 Å². The number of nitrogens with two attached hydrogens (primary N) is 8. The number of thioether (sulfide) groups is 1. The number of aromatic hydroxyl groups is 1. The molecule has 2 aromatic rings. The van der Waals surface area contributed by atoms with E-state index in [1.165, 1.54) is 99.9 Å². The van der Waals surface area contributed by atoms with Crippen LogP contribution in [0.1, 0.15) is 290 Å². The Balaban J connectivity index is 2.51. The summed E-state index contributed by atoms with van der Waals surface area (Å²) in [4.78, 5) is 229. The number of amides is 8. The molecule has 0 unspecified atom stereocenters. The smallest absolute Gasteiger partial charge is 0.305 e. The number of guanidine groups is 2. The Morgan fingerprint density at radius 1 is 0.425 bits per heavy atom. The van der Waals surface area contributed by atoms with Gasteiger partial charge in [-0.1, -0.05) is 130 Å². The van der Waals surface area contributed by atoms with Gasteiger partial charge in [-0.2, -0.15) is 11.8 Å². The number of imidazole rings is 1. The molecule has 0 saturated heterocycles. The number of aliphatic imine (C=N–C) groups is 2. The van der Waals surface area contributed by atoms with Crippen molar-refractivity contribution in [3.63, 3.8) is 0 Å². The maximum Gasteiger partial charge on any atom is 0.305 e. The van der Waals surface area contributed by atoms with E-state index in [2.05, 4.69) is 64.1 Å². The third kappa shape index (κ3) is 52.3. The number of carbonyl (C=O) groups excluding carboxylic acids is 14. The van der Waals surface area contributed by atoms with Crippen molar-refractivity contribution >= 4 is 112 Å². The molecule has 8 amide bonds. The van der Waals surface area contributed by atoms with Crippen LogP contribution in [0.4, 0.5) is 0 Å². The number of phenols is 1. The molecule has 134 heavy (non-hydrogen) atoms. The summed E-state index contributed by atoms with van der Waals surface area (Å²) in [6.45, 7) is 10.5. The minimum Gasteiger partial charge on any atom is -0.508 e. The zero-order valence-electron chi connectivity index (χ0n) is 80.5. The van der Waals surface area contributed by atoms with E-state index in [0.717, 1.165) is 32.6 Å². The van der Waals surface area contributed by atoms with Crippen LogP contribution in [0.2, 0.25) is 0 Å². The largest absolute Gasteiger partial charge is 0.508 e.